The molecule has 0 saturated heterocycles. The van der Waals surface area contributed by atoms with Gasteiger partial charge in [0.15, 0.2) is 11.5 Å². The van der Waals surface area contributed by atoms with Crippen LogP contribution < -0.4 is 14.8 Å². The van der Waals surface area contributed by atoms with Crippen molar-refractivity contribution in [3.05, 3.63) is 88.9 Å². The summed E-state index contributed by atoms with van der Waals surface area (Å²) in [6.07, 6.45) is 0. The van der Waals surface area contributed by atoms with Crippen LogP contribution in [-0.4, -0.2) is 13.0 Å². The number of anilines is 1. The molecule has 0 aliphatic rings. The number of nitrogens with one attached hydrogen (secondary N) is 1. The Bertz CT molecular complexity index is 894. The zero-order chi connectivity index (χ0) is 18.4. The molecule has 0 aliphatic heterocycles. The molecular formula is C21H18ClNO3. The van der Waals surface area contributed by atoms with Crippen LogP contribution in [0.2, 0.25) is 5.02 Å². The van der Waals surface area contributed by atoms with Gasteiger partial charge in [-0.15, -0.1) is 0 Å². The van der Waals surface area contributed by atoms with E-state index in [1.807, 2.05) is 36.4 Å². The Balaban J connectivity index is 1.62. The average Bonchev–Trinajstić information content (AvgIpc) is 2.67. The van der Waals surface area contributed by atoms with Gasteiger partial charge in [-0.05, 0) is 48.0 Å². The number of rotatable bonds is 6. The fourth-order valence-corrected chi connectivity index (χ4v) is 2.61. The molecule has 0 saturated carbocycles. The number of carbonyl (C=O) groups excluding carboxylic acids is 1. The third kappa shape index (κ3) is 4.55. The molecule has 0 spiro atoms. The molecule has 0 fully saturated rings. The normalized spacial score (nSPS) is 10.2. The largest absolute Gasteiger partial charge is 0.493 e. The van der Waals surface area contributed by atoms with Gasteiger partial charge in [-0.3, -0.25) is 4.79 Å². The molecule has 0 atom stereocenters. The van der Waals surface area contributed by atoms with E-state index in [0.29, 0.717) is 34.4 Å². The molecule has 1 amide bonds. The maximum absolute atomic E-state index is 12.3. The van der Waals surface area contributed by atoms with E-state index in [0.717, 1.165) is 5.56 Å². The second kappa shape index (κ2) is 8.41. The van der Waals surface area contributed by atoms with Crippen LogP contribution in [0.15, 0.2) is 72.8 Å². The van der Waals surface area contributed by atoms with E-state index in [1.54, 1.807) is 43.5 Å². The van der Waals surface area contributed by atoms with E-state index in [9.17, 15) is 4.79 Å². The van der Waals surface area contributed by atoms with Crippen molar-refractivity contribution < 1.29 is 14.3 Å². The van der Waals surface area contributed by atoms with Gasteiger partial charge in [-0.25, -0.2) is 0 Å². The highest BCUT2D eigenvalue weighted by molar-refractivity contribution is 6.30. The zero-order valence-corrected chi connectivity index (χ0v) is 15.0. The van der Waals surface area contributed by atoms with Crippen LogP contribution >= 0.6 is 11.6 Å². The van der Waals surface area contributed by atoms with Crippen LogP contribution in [-0.2, 0) is 6.61 Å². The summed E-state index contributed by atoms with van der Waals surface area (Å²) >= 11 is 5.93. The molecule has 0 aliphatic carbocycles. The Morgan fingerprint density at radius 2 is 1.69 bits per heavy atom. The van der Waals surface area contributed by atoms with Crippen molar-refractivity contribution in [2.45, 2.75) is 6.61 Å². The van der Waals surface area contributed by atoms with Crippen molar-refractivity contribution in [1.29, 1.82) is 0 Å². The molecular weight excluding hydrogens is 350 g/mol. The number of hydrogen-bond acceptors (Lipinski definition) is 3. The smallest absolute Gasteiger partial charge is 0.255 e. The first-order valence-electron chi connectivity index (χ1n) is 8.07. The van der Waals surface area contributed by atoms with E-state index in [2.05, 4.69) is 5.32 Å². The van der Waals surface area contributed by atoms with Crippen molar-refractivity contribution in [1.82, 2.24) is 0 Å². The van der Waals surface area contributed by atoms with Gasteiger partial charge >= 0.3 is 0 Å². The second-order valence-electron chi connectivity index (χ2n) is 5.60. The Morgan fingerprint density at radius 3 is 2.38 bits per heavy atom. The molecule has 4 nitrogen and oxygen atoms in total. The van der Waals surface area contributed by atoms with Crippen LogP contribution in [0.5, 0.6) is 11.5 Å². The summed E-state index contributed by atoms with van der Waals surface area (Å²) in [5.74, 6) is 1.17. The molecule has 26 heavy (non-hydrogen) atoms. The van der Waals surface area contributed by atoms with Gasteiger partial charge in [-0.1, -0.05) is 41.9 Å². The Kier molecular flexibility index (Phi) is 5.77. The number of para-hydroxylation sites is 2. The van der Waals surface area contributed by atoms with E-state index in [4.69, 9.17) is 21.1 Å². The fraction of sp³-hybridized carbons (Fsp3) is 0.0952. The maximum Gasteiger partial charge on any atom is 0.255 e. The summed E-state index contributed by atoms with van der Waals surface area (Å²) < 4.78 is 11.0. The molecule has 3 aromatic rings. The monoisotopic (exact) mass is 367 g/mol. The fourth-order valence-electron chi connectivity index (χ4n) is 2.42. The first-order chi connectivity index (χ1) is 12.7. The number of ether oxygens (including phenoxy) is 2. The van der Waals surface area contributed by atoms with Crippen molar-refractivity contribution in [2.75, 3.05) is 12.4 Å². The highest BCUT2D eigenvalue weighted by Gasteiger charge is 2.07. The number of amides is 1. The van der Waals surface area contributed by atoms with Crippen molar-refractivity contribution in [3.8, 4) is 11.5 Å². The first-order valence-corrected chi connectivity index (χ1v) is 8.45. The van der Waals surface area contributed by atoms with Gasteiger partial charge in [-0.2, -0.15) is 0 Å². The minimum Gasteiger partial charge on any atom is -0.493 e. The van der Waals surface area contributed by atoms with E-state index < -0.39 is 0 Å². The van der Waals surface area contributed by atoms with E-state index >= 15 is 0 Å². The Morgan fingerprint density at radius 1 is 0.962 bits per heavy atom. The molecule has 0 bridgehead atoms. The van der Waals surface area contributed by atoms with Crippen LogP contribution in [0.3, 0.4) is 0 Å². The minimum absolute atomic E-state index is 0.190. The molecule has 3 aromatic carbocycles. The molecule has 1 N–H and O–H groups in total. The van der Waals surface area contributed by atoms with Crippen molar-refractivity contribution in [3.63, 3.8) is 0 Å². The summed E-state index contributed by atoms with van der Waals surface area (Å²) in [6, 6.07) is 21.8. The minimum atomic E-state index is -0.190. The van der Waals surface area contributed by atoms with E-state index in [1.165, 1.54) is 0 Å². The SMILES string of the molecule is COc1ccccc1OCc1ccc(C(=O)Nc2cccc(Cl)c2)cc1. The first kappa shape index (κ1) is 17.8. The third-order valence-corrected chi connectivity index (χ3v) is 4.00. The van der Waals surface area contributed by atoms with Gasteiger partial charge in [0.1, 0.15) is 6.61 Å². The highest BCUT2D eigenvalue weighted by Crippen LogP contribution is 2.26. The molecule has 3 rings (SSSR count). The molecule has 5 heteroatoms. The predicted molar refractivity (Wildman–Crippen MR) is 103 cm³/mol. The number of carbonyl (C=O) groups is 1. The summed E-state index contributed by atoms with van der Waals surface area (Å²) in [4.78, 5) is 12.3. The predicted octanol–water partition coefficient (Wildman–Crippen LogP) is 5.18. The van der Waals surface area contributed by atoms with Crippen molar-refractivity contribution in [2.24, 2.45) is 0 Å². The van der Waals surface area contributed by atoms with Crippen LogP contribution in [0, 0.1) is 0 Å². The number of halogens is 1. The Labute approximate surface area is 157 Å². The van der Waals surface area contributed by atoms with Crippen molar-refractivity contribution >= 4 is 23.2 Å². The van der Waals surface area contributed by atoms with Gasteiger partial charge in [0, 0.05) is 16.3 Å². The standard InChI is InChI=1S/C21H18ClNO3/c1-25-19-7-2-3-8-20(19)26-14-15-9-11-16(12-10-15)21(24)23-18-6-4-5-17(22)13-18/h2-13H,14H2,1H3,(H,23,24). The molecule has 0 radical (unpaired) electrons. The van der Waals surface area contributed by atoms with Crippen LogP contribution in [0.25, 0.3) is 0 Å². The lowest BCUT2D eigenvalue weighted by Crippen LogP contribution is -2.11. The number of benzene rings is 3. The lowest BCUT2D eigenvalue weighted by atomic mass is 10.1. The maximum atomic E-state index is 12.3. The van der Waals surface area contributed by atoms with Gasteiger partial charge in [0.2, 0.25) is 0 Å². The average molecular weight is 368 g/mol. The summed E-state index contributed by atoms with van der Waals surface area (Å²) in [6.45, 7) is 0.385. The topological polar surface area (TPSA) is 47.6 Å². The summed E-state index contributed by atoms with van der Waals surface area (Å²) in [5, 5.41) is 3.40. The lowest BCUT2D eigenvalue weighted by molar-refractivity contribution is 0.102. The molecule has 132 valence electrons. The summed E-state index contributed by atoms with van der Waals surface area (Å²) in [5.41, 5.74) is 2.17. The number of methoxy groups -OCH3 is 1. The van der Waals surface area contributed by atoms with Gasteiger partial charge < -0.3 is 14.8 Å². The van der Waals surface area contributed by atoms with Crippen LogP contribution in [0.1, 0.15) is 15.9 Å². The summed E-state index contributed by atoms with van der Waals surface area (Å²) in [7, 11) is 1.61. The van der Waals surface area contributed by atoms with Gasteiger partial charge in [0.25, 0.3) is 5.91 Å². The molecule has 0 heterocycles. The van der Waals surface area contributed by atoms with E-state index in [-0.39, 0.29) is 5.91 Å². The molecule has 0 aromatic heterocycles. The third-order valence-electron chi connectivity index (χ3n) is 3.76. The van der Waals surface area contributed by atoms with Crippen LogP contribution in [0.4, 0.5) is 5.69 Å². The second-order valence-corrected chi connectivity index (χ2v) is 6.04. The Hall–Kier alpha value is -2.98. The highest BCUT2D eigenvalue weighted by atomic mass is 35.5. The number of hydrogen-bond donors (Lipinski definition) is 1. The lowest BCUT2D eigenvalue weighted by Gasteiger charge is -2.11. The van der Waals surface area contributed by atoms with Gasteiger partial charge in [0.05, 0.1) is 7.11 Å². The molecule has 0 unspecified atom stereocenters. The zero-order valence-electron chi connectivity index (χ0n) is 14.2. The quantitative estimate of drug-likeness (QED) is 0.653.